The Bertz CT molecular complexity index is 2600. The lowest BCUT2D eigenvalue weighted by Gasteiger charge is -2.32. The number of benzene rings is 8. The summed E-state index contributed by atoms with van der Waals surface area (Å²) in [4.78, 5) is 12.6. The van der Waals surface area contributed by atoms with Crippen LogP contribution in [0.3, 0.4) is 0 Å². The largest absolute Gasteiger partial charge is 0.192 e. The van der Waals surface area contributed by atoms with Crippen LogP contribution in [0.25, 0.3) is 35.1 Å². The van der Waals surface area contributed by atoms with Crippen LogP contribution < -0.4 is 9.29 Å². The predicted octanol–water partition coefficient (Wildman–Crippen LogP) is 14.0. The van der Waals surface area contributed by atoms with Gasteiger partial charge in [-0.3, -0.25) is 0 Å². The summed E-state index contributed by atoms with van der Waals surface area (Å²) in [5.41, 5.74) is 10.3. The molecule has 0 fully saturated rings. The summed E-state index contributed by atoms with van der Waals surface area (Å²) in [6.07, 6.45) is 7.91. The van der Waals surface area contributed by atoms with Crippen LogP contribution in [-0.4, -0.2) is 14.2 Å². The van der Waals surface area contributed by atoms with Crippen molar-refractivity contribution in [3.63, 3.8) is 0 Å². The molecule has 0 aliphatic carbocycles. The van der Waals surface area contributed by atoms with Crippen LogP contribution in [0.4, 0.5) is 34.1 Å². The highest BCUT2D eigenvalue weighted by molar-refractivity contribution is 5.98. The van der Waals surface area contributed by atoms with E-state index >= 15 is 0 Å². The molecule has 0 aliphatic heterocycles. The van der Waals surface area contributed by atoms with E-state index in [0.717, 1.165) is 67.2 Å². The van der Waals surface area contributed by atoms with Crippen molar-refractivity contribution >= 4 is 69.2 Å². The maximum atomic E-state index is 10.4. The summed E-state index contributed by atoms with van der Waals surface area (Å²) in [6, 6.07) is 69.6. The third-order valence-corrected chi connectivity index (χ3v) is 10.9. The van der Waals surface area contributed by atoms with Gasteiger partial charge in [0.05, 0.1) is 25.3 Å². The topological polar surface area (TPSA) is 66.0 Å². The van der Waals surface area contributed by atoms with E-state index in [0.29, 0.717) is 11.1 Å². The molecule has 288 valence electrons. The fourth-order valence-corrected chi connectivity index (χ4v) is 8.01. The van der Waals surface area contributed by atoms with Crippen LogP contribution in [0.15, 0.2) is 194 Å². The average molecular weight is 779 g/mol. The minimum atomic E-state index is 0.0948. The summed E-state index contributed by atoms with van der Waals surface area (Å²) >= 11 is 0. The first-order valence-electron chi connectivity index (χ1n) is 19.6. The maximum absolute atomic E-state index is 10.4. The second-order valence-corrected chi connectivity index (χ2v) is 14.2. The summed E-state index contributed by atoms with van der Waals surface area (Å²) in [7, 11) is 3.44. The molecule has 60 heavy (non-hydrogen) atoms. The van der Waals surface area contributed by atoms with Crippen molar-refractivity contribution in [1.29, 1.82) is 10.5 Å². The van der Waals surface area contributed by atoms with Crippen molar-refractivity contribution in [2.45, 2.75) is 0 Å². The number of hydrogen-bond donors (Lipinski definition) is 0. The van der Waals surface area contributed by atoms with Gasteiger partial charge in [0.1, 0.15) is 12.1 Å². The average Bonchev–Trinajstić information content (AvgIpc) is 3.32. The second kappa shape index (κ2) is 17.4. The van der Waals surface area contributed by atoms with E-state index in [1.54, 1.807) is 14.2 Å². The molecule has 0 unspecified atom stereocenters. The number of hydrogen-bond acceptors (Lipinski definition) is 4. The van der Waals surface area contributed by atoms with Gasteiger partial charge in [-0.05, 0) is 46.5 Å². The molecular weight excluding hydrogens is 737 g/mol. The summed E-state index contributed by atoms with van der Waals surface area (Å²) in [6.45, 7) is 0. The van der Waals surface area contributed by atoms with Gasteiger partial charge in [-0.1, -0.05) is 131 Å². The van der Waals surface area contributed by atoms with Crippen molar-refractivity contribution in [2.75, 3.05) is 14.2 Å². The Morgan fingerprint density at radius 1 is 0.350 bits per heavy atom. The zero-order valence-electron chi connectivity index (χ0n) is 33.4. The first kappa shape index (κ1) is 39.2. The van der Waals surface area contributed by atoms with Crippen LogP contribution in [0.5, 0.6) is 0 Å². The lowest BCUT2D eigenvalue weighted by molar-refractivity contribution is -0.0218. The highest BCUT2D eigenvalue weighted by atomic mass is 16.7. The molecule has 0 aromatic heterocycles. The van der Waals surface area contributed by atoms with Crippen molar-refractivity contribution in [3.8, 4) is 12.1 Å². The van der Waals surface area contributed by atoms with Gasteiger partial charge in [-0.25, -0.2) is 0 Å². The summed E-state index contributed by atoms with van der Waals surface area (Å²) in [5, 5.41) is 22.3. The van der Waals surface area contributed by atoms with Gasteiger partial charge < -0.3 is 0 Å². The minimum Gasteiger partial charge on any atom is -0.192 e. The molecule has 0 saturated heterocycles. The van der Waals surface area contributed by atoms with Crippen molar-refractivity contribution in [1.82, 2.24) is 9.29 Å². The SMILES string of the molecule is CO[N+](c1ccccc1)(c1ccccc1)c1ccc(C=Cc2ccc3c(C#N)c(C=Cc4ccc([N+](OC)(c5ccccc5)c5ccccc5)cc4)ccc3c2C#N)cc1. The molecule has 0 bridgehead atoms. The zero-order chi connectivity index (χ0) is 41.4. The smallest absolute Gasteiger partial charge is 0.176 e. The van der Waals surface area contributed by atoms with Gasteiger partial charge in [0.2, 0.25) is 0 Å². The highest BCUT2D eigenvalue weighted by Crippen LogP contribution is 2.45. The quantitative estimate of drug-likeness (QED) is 0.0704. The summed E-state index contributed by atoms with van der Waals surface area (Å²) in [5.74, 6) is 0. The molecule has 0 N–H and O–H groups in total. The Hall–Kier alpha value is -7.68. The number of nitrogens with zero attached hydrogens (tertiary/aromatic N) is 4. The Balaban J connectivity index is 1.06. The molecule has 0 amide bonds. The maximum Gasteiger partial charge on any atom is 0.176 e. The Morgan fingerprint density at radius 2 is 0.633 bits per heavy atom. The van der Waals surface area contributed by atoms with E-state index < -0.39 is 0 Å². The number of para-hydroxylation sites is 4. The molecule has 6 heteroatoms. The van der Waals surface area contributed by atoms with Gasteiger partial charge in [0.15, 0.2) is 34.1 Å². The first-order valence-corrected chi connectivity index (χ1v) is 19.6. The normalized spacial score (nSPS) is 11.8. The fourth-order valence-electron chi connectivity index (χ4n) is 8.01. The Morgan fingerprint density at radius 3 is 0.900 bits per heavy atom. The monoisotopic (exact) mass is 778 g/mol. The van der Waals surface area contributed by atoms with Crippen molar-refractivity contribution in [2.24, 2.45) is 0 Å². The first-order chi connectivity index (χ1) is 29.5. The Labute approximate surface area is 351 Å². The number of quaternary nitrogens is 2. The standard InChI is InChI=1S/C54H42N4O2/c1-59-57(45-15-7-3-8-16-45,46-17-9-4-10-18-46)49-33-25-41(26-34-49)23-29-43-31-37-52-51(53(43)39-55)38-32-44(54(52)40-56)30-24-42-27-35-50(36-28-42)58(60-2,47-19-11-5-12-20-47)48-21-13-6-14-22-48/h3-38H,1-2H3/q+2. The van der Waals surface area contributed by atoms with Crippen LogP contribution in [0, 0.1) is 22.7 Å². The molecule has 0 radical (unpaired) electrons. The molecule has 8 rings (SSSR count). The molecule has 0 aliphatic rings. The zero-order valence-corrected chi connectivity index (χ0v) is 33.4. The lowest BCUT2D eigenvalue weighted by Crippen LogP contribution is -2.37. The third-order valence-electron chi connectivity index (χ3n) is 10.9. The van der Waals surface area contributed by atoms with E-state index in [-0.39, 0.29) is 9.29 Å². The second-order valence-electron chi connectivity index (χ2n) is 14.2. The molecular formula is C54H42N4O2+2. The fraction of sp³-hybridized carbons (Fsp3) is 0.0370. The van der Waals surface area contributed by atoms with Crippen LogP contribution >= 0.6 is 0 Å². The predicted molar refractivity (Wildman–Crippen MR) is 246 cm³/mol. The highest BCUT2D eigenvalue weighted by Gasteiger charge is 2.39. The summed E-state index contributed by atoms with van der Waals surface area (Å²) < 4.78 is 0.190. The lowest BCUT2D eigenvalue weighted by atomic mass is 9.93. The van der Waals surface area contributed by atoms with E-state index in [1.165, 1.54) is 0 Å². The molecule has 6 nitrogen and oxygen atoms in total. The van der Waals surface area contributed by atoms with Gasteiger partial charge in [0.25, 0.3) is 0 Å². The molecule has 0 spiro atoms. The number of fused-ring (bicyclic) bond motifs is 1. The van der Waals surface area contributed by atoms with Gasteiger partial charge in [-0.15, -0.1) is 0 Å². The van der Waals surface area contributed by atoms with Crippen LogP contribution in [0.1, 0.15) is 33.4 Å². The minimum absolute atomic E-state index is 0.0948. The van der Waals surface area contributed by atoms with Crippen molar-refractivity contribution in [3.05, 3.63) is 228 Å². The van der Waals surface area contributed by atoms with Gasteiger partial charge in [-0.2, -0.15) is 20.2 Å². The Kier molecular flexibility index (Phi) is 11.4. The molecule has 0 atom stereocenters. The van der Waals surface area contributed by atoms with Crippen LogP contribution in [0.2, 0.25) is 0 Å². The molecule has 0 heterocycles. The molecule has 8 aromatic rings. The van der Waals surface area contributed by atoms with Gasteiger partial charge >= 0.3 is 0 Å². The van der Waals surface area contributed by atoms with E-state index in [4.69, 9.17) is 9.68 Å². The molecule has 0 saturated carbocycles. The van der Waals surface area contributed by atoms with Crippen molar-refractivity contribution < 1.29 is 9.68 Å². The van der Waals surface area contributed by atoms with Crippen LogP contribution in [-0.2, 0) is 9.68 Å². The van der Waals surface area contributed by atoms with E-state index in [2.05, 4.69) is 109 Å². The van der Waals surface area contributed by atoms with E-state index in [9.17, 15) is 10.5 Å². The van der Waals surface area contributed by atoms with Gasteiger partial charge in [0, 0.05) is 83.6 Å². The molecule has 8 aromatic carbocycles. The number of rotatable bonds is 12. The van der Waals surface area contributed by atoms with E-state index in [1.807, 2.05) is 121 Å². The number of nitriles is 2. The third kappa shape index (κ3) is 7.21.